The second-order valence-electron chi connectivity index (χ2n) is 5.48. The van der Waals surface area contributed by atoms with E-state index in [-0.39, 0.29) is 18.2 Å². The topological polar surface area (TPSA) is 35.5 Å². The largest absolute Gasteiger partial charge is 0.462 e. The average Bonchev–Trinajstić information content (AvgIpc) is 2.90. The van der Waals surface area contributed by atoms with Crippen LogP contribution in [0.4, 0.5) is 0 Å². The number of carbonyl (C=O) groups is 1. The Hall–Kier alpha value is -0.830. The third kappa shape index (κ3) is 3.58. The summed E-state index contributed by atoms with van der Waals surface area (Å²) in [6, 6.07) is 0. The van der Waals surface area contributed by atoms with Crippen molar-refractivity contribution in [1.29, 1.82) is 0 Å². The summed E-state index contributed by atoms with van der Waals surface area (Å²) >= 11 is 0. The average molecular weight is 252 g/mol. The minimum Gasteiger partial charge on any atom is -0.462 e. The van der Waals surface area contributed by atoms with Gasteiger partial charge in [-0.3, -0.25) is 4.79 Å². The summed E-state index contributed by atoms with van der Waals surface area (Å²) in [5, 5.41) is 0. The van der Waals surface area contributed by atoms with E-state index in [9.17, 15) is 4.79 Å². The minimum atomic E-state index is -0.0491. The Morgan fingerprint density at radius 1 is 1.28 bits per heavy atom. The van der Waals surface area contributed by atoms with Crippen LogP contribution >= 0.6 is 0 Å². The fourth-order valence-electron chi connectivity index (χ4n) is 2.80. The molecule has 0 aromatic carbocycles. The lowest BCUT2D eigenvalue weighted by molar-refractivity contribution is -0.141. The van der Waals surface area contributed by atoms with E-state index in [4.69, 9.17) is 9.47 Å². The van der Waals surface area contributed by atoms with Crippen LogP contribution in [-0.4, -0.2) is 24.3 Å². The highest BCUT2D eigenvalue weighted by Crippen LogP contribution is 2.31. The highest BCUT2D eigenvalue weighted by molar-refractivity contribution is 5.71. The molecule has 102 valence electrons. The van der Waals surface area contributed by atoms with E-state index in [1.807, 2.05) is 0 Å². The molecule has 3 heteroatoms. The lowest BCUT2D eigenvalue weighted by Crippen LogP contribution is -2.15. The molecule has 0 radical (unpaired) electrons. The number of cyclic esters (lactones) is 1. The van der Waals surface area contributed by atoms with E-state index in [2.05, 4.69) is 13.5 Å². The maximum atomic E-state index is 11.0. The van der Waals surface area contributed by atoms with Gasteiger partial charge in [0.15, 0.2) is 0 Å². The molecule has 0 bridgehead atoms. The predicted molar refractivity (Wildman–Crippen MR) is 70.3 cm³/mol. The summed E-state index contributed by atoms with van der Waals surface area (Å²) in [5.74, 6) is -0.0491. The first-order chi connectivity index (χ1) is 8.69. The summed E-state index contributed by atoms with van der Waals surface area (Å²) in [4.78, 5) is 11.0. The highest BCUT2D eigenvalue weighted by Gasteiger charge is 2.30. The molecule has 0 spiro atoms. The molecule has 2 aliphatic rings. The van der Waals surface area contributed by atoms with Crippen molar-refractivity contribution in [2.75, 3.05) is 0 Å². The van der Waals surface area contributed by atoms with Crippen LogP contribution in [0.1, 0.15) is 58.3 Å². The predicted octanol–water partition coefficient (Wildman–Crippen LogP) is 3.38. The molecule has 2 fully saturated rings. The Bertz CT molecular complexity index is 311. The minimum absolute atomic E-state index is 0.0491. The number of carbonyl (C=O) groups excluding carboxylic acids is 1. The van der Waals surface area contributed by atoms with Crippen LogP contribution in [0.25, 0.3) is 0 Å². The van der Waals surface area contributed by atoms with Crippen LogP contribution in [0.5, 0.6) is 0 Å². The Morgan fingerprint density at radius 3 is 2.78 bits per heavy atom. The van der Waals surface area contributed by atoms with Crippen molar-refractivity contribution in [1.82, 2.24) is 0 Å². The van der Waals surface area contributed by atoms with Gasteiger partial charge in [0.2, 0.25) is 0 Å². The van der Waals surface area contributed by atoms with Gasteiger partial charge >= 0.3 is 5.97 Å². The second kappa shape index (κ2) is 6.37. The molecule has 3 nitrogen and oxygen atoms in total. The zero-order valence-corrected chi connectivity index (χ0v) is 11.3. The van der Waals surface area contributed by atoms with Crippen molar-refractivity contribution in [2.45, 2.75) is 76.6 Å². The third-order valence-corrected chi connectivity index (χ3v) is 3.90. The Balaban J connectivity index is 1.69. The first-order valence-electron chi connectivity index (χ1n) is 7.21. The molecule has 0 aromatic heterocycles. The highest BCUT2D eigenvalue weighted by atomic mass is 16.5. The SMILES string of the molecule is C=C1C[C@H](CCCC)O[C@H]1CCC1CCC(=O)O1. The summed E-state index contributed by atoms with van der Waals surface area (Å²) in [6.45, 7) is 6.33. The summed E-state index contributed by atoms with van der Waals surface area (Å²) in [7, 11) is 0. The lowest BCUT2D eigenvalue weighted by Gasteiger charge is -2.15. The van der Waals surface area contributed by atoms with Crippen LogP contribution in [-0.2, 0) is 14.3 Å². The summed E-state index contributed by atoms with van der Waals surface area (Å²) < 4.78 is 11.2. The van der Waals surface area contributed by atoms with Gasteiger partial charge in [-0.1, -0.05) is 26.3 Å². The van der Waals surface area contributed by atoms with Crippen molar-refractivity contribution in [3.63, 3.8) is 0 Å². The molecule has 2 saturated heterocycles. The maximum absolute atomic E-state index is 11.0. The van der Waals surface area contributed by atoms with E-state index in [1.165, 1.54) is 18.4 Å². The molecule has 0 saturated carbocycles. The molecule has 0 amide bonds. The fraction of sp³-hybridized carbons (Fsp3) is 0.800. The number of rotatable bonds is 6. The zero-order chi connectivity index (χ0) is 13.0. The molecule has 18 heavy (non-hydrogen) atoms. The van der Waals surface area contributed by atoms with E-state index in [1.54, 1.807) is 0 Å². The van der Waals surface area contributed by atoms with Gasteiger partial charge in [-0.25, -0.2) is 0 Å². The molecule has 0 aliphatic carbocycles. The molecule has 0 N–H and O–H groups in total. The smallest absolute Gasteiger partial charge is 0.306 e. The van der Waals surface area contributed by atoms with Gasteiger partial charge in [0, 0.05) is 6.42 Å². The van der Waals surface area contributed by atoms with Crippen molar-refractivity contribution in [3.8, 4) is 0 Å². The summed E-state index contributed by atoms with van der Waals surface area (Å²) in [6.07, 6.45) is 8.57. The van der Waals surface area contributed by atoms with Gasteiger partial charge in [0.05, 0.1) is 12.2 Å². The molecule has 1 unspecified atom stereocenters. The van der Waals surface area contributed by atoms with E-state index in [0.717, 1.165) is 32.1 Å². The quantitative estimate of drug-likeness (QED) is 0.537. The van der Waals surface area contributed by atoms with Gasteiger partial charge in [-0.15, -0.1) is 0 Å². The van der Waals surface area contributed by atoms with Crippen molar-refractivity contribution in [2.24, 2.45) is 0 Å². The van der Waals surface area contributed by atoms with E-state index >= 15 is 0 Å². The third-order valence-electron chi connectivity index (χ3n) is 3.90. The standard InChI is InChI=1S/C15H24O3/c1-3-4-5-13-10-11(2)14(17-13)8-6-12-7-9-15(16)18-12/h12-14H,2-10H2,1H3/t12?,13-,14-/m0/s1. The molecule has 3 atom stereocenters. The fourth-order valence-corrected chi connectivity index (χ4v) is 2.80. The van der Waals surface area contributed by atoms with Crippen LogP contribution in [0, 0.1) is 0 Å². The Morgan fingerprint density at radius 2 is 2.11 bits per heavy atom. The van der Waals surface area contributed by atoms with Crippen LogP contribution < -0.4 is 0 Å². The molecule has 0 aromatic rings. The number of esters is 1. The van der Waals surface area contributed by atoms with Gasteiger partial charge in [-0.2, -0.15) is 0 Å². The van der Waals surface area contributed by atoms with Crippen LogP contribution in [0.3, 0.4) is 0 Å². The maximum Gasteiger partial charge on any atom is 0.306 e. The second-order valence-corrected chi connectivity index (χ2v) is 5.48. The van der Waals surface area contributed by atoms with Crippen molar-refractivity contribution >= 4 is 5.97 Å². The van der Waals surface area contributed by atoms with Crippen LogP contribution in [0.2, 0.25) is 0 Å². The van der Waals surface area contributed by atoms with Gasteiger partial charge in [-0.05, 0) is 37.7 Å². The monoisotopic (exact) mass is 252 g/mol. The van der Waals surface area contributed by atoms with Crippen molar-refractivity contribution in [3.05, 3.63) is 12.2 Å². The first-order valence-corrected chi connectivity index (χ1v) is 7.21. The van der Waals surface area contributed by atoms with E-state index < -0.39 is 0 Å². The molecule has 2 rings (SSSR count). The van der Waals surface area contributed by atoms with Gasteiger partial charge in [0.25, 0.3) is 0 Å². The molecule has 2 aliphatic heterocycles. The van der Waals surface area contributed by atoms with E-state index in [0.29, 0.717) is 12.5 Å². The molecular formula is C15H24O3. The van der Waals surface area contributed by atoms with Gasteiger partial charge < -0.3 is 9.47 Å². The number of unbranched alkanes of at least 4 members (excludes halogenated alkanes) is 1. The van der Waals surface area contributed by atoms with Gasteiger partial charge in [0.1, 0.15) is 6.10 Å². The lowest BCUT2D eigenvalue weighted by atomic mass is 10.0. The molecule has 2 heterocycles. The normalized spacial score (nSPS) is 31.9. The van der Waals surface area contributed by atoms with Crippen LogP contribution in [0.15, 0.2) is 12.2 Å². The van der Waals surface area contributed by atoms with Crippen molar-refractivity contribution < 1.29 is 14.3 Å². The zero-order valence-electron chi connectivity index (χ0n) is 11.3. The molecular weight excluding hydrogens is 228 g/mol. The Kier molecular flexibility index (Phi) is 4.81. The number of ether oxygens (including phenoxy) is 2. The number of hydrogen-bond donors (Lipinski definition) is 0. The number of hydrogen-bond acceptors (Lipinski definition) is 3. The summed E-state index contributed by atoms with van der Waals surface area (Å²) in [5.41, 5.74) is 1.22. The Labute approximate surface area is 110 Å². The first kappa shape index (κ1) is 13.6.